The maximum absolute atomic E-state index is 13.2. The number of carbonyl (C=O) groups excluding carboxylic acids is 2. The Hall–Kier alpha value is -3.45. The van der Waals surface area contributed by atoms with Gasteiger partial charge in [-0.05, 0) is 60.0 Å². The van der Waals surface area contributed by atoms with E-state index in [2.05, 4.69) is 10.3 Å². The van der Waals surface area contributed by atoms with Gasteiger partial charge in [0.1, 0.15) is 6.61 Å². The number of pyridine rings is 1. The van der Waals surface area contributed by atoms with Gasteiger partial charge in [-0.3, -0.25) is 9.78 Å². The van der Waals surface area contributed by atoms with Gasteiger partial charge in [-0.2, -0.15) is 0 Å². The highest BCUT2D eigenvalue weighted by atomic mass is 35.5. The molecule has 1 aromatic heterocycles. The average Bonchev–Trinajstić information content (AvgIpc) is 2.90. The van der Waals surface area contributed by atoms with Crippen molar-refractivity contribution in [3.8, 4) is 0 Å². The molecule has 1 heterocycles. The van der Waals surface area contributed by atoms with Crippen molar-refractivity contribution >= 4 is 53.2 Å². The molecule has 4 rings (SSSR count). The molecule has 188 valence electrons. The van der Waals surface area contributed by atoms with Crippen molar-refractivity contribution in [3.05, 3.63) is 107 Å². The van der Waals surface area contributed by atoms with Crippen molar-refractivity contribution in [1.82, 2.24) is 4.98 Å². The Balaban J connectivity index is 0.00000353. The van der Waals surface area contributed by atoms with Crippen LogP contribution < -0.4 is 11.1 Å². The molecule has 4 aromatic rings. The van der Waals surface area contributed by atoms with Crippen LogP contribution in [0.3, 0.4) is 0 Å². The molecule has 0 unspecified atom stereocenters. The molecule has 0 spiro atoms. The van der Waals surface area contributed by atoms with Crippen molar-refractivity contribution in [1.29, 1.82) is 0 Å². The minimum atomic E-state index is -2.76. The molecule has 0 aliphatic heterocycles. The fourth-order valence-corrected chi connectivity index (χ4v) is 3.40. The van der Waals surface area contributed by atoms with E-state index < -0.39 is 43.6 Å². The van der Waals surface area contributed by atoms with Gasteiger partial charge in [-0.15, -0.1) is 24.8 Å². The van der Waals surface area contributed by atoms with Crippen molar-refractivity contribution in [2.45, 2.75) is 26.2 Å². The number of hydrogen-bond donors (Lipinski definition) is 2. The first-order chi connectivity index (χ1) is 19.9. The van der Waals surface area contributed by atoms with Gasteiger partial charge in [0.25, 0.3) is 0 Å². The molecule has 3 aromatic carbocycles. The van der Waals surface area contributed by atoms with E-state index in [-0.39, 0.29) is 54.3 Å². The number of hydrogen-bond acceptors (Lipinski definition) is 5. The van der Waals surface area contributed by atoms with Crippen LogP contribution >= 0.6 is 24.8 Å². The van der Waals surface area contributed by atoms with Crippen molar-refractivity contribution in [2.75, 3.05) is 11.8 Å². The minimum absolute atomic E-state index is 0. The predicted molar refractivity (Wildman–Crippen MR) is 148 cm³/mol. The van der Waals surface area contributed by atoms with Gasteiger partial charge in [0.15, 0.2) is 0 Å². The smallest absolute Gasteiger partial charge is 0.338 e. The van der Waals surface area contributed by atoms with E-state index in [0.717, 1.165) is 18.2 Å². The van der Waals surface area contributed by atoms with E-state index in [9.17, 15) is 9.59 Å². The van der Waals surface area contributed by atoms with Gasteiger partial charge in [0.05, 0.1) is 12.9 Å². The Morgan fingerprint density at radius 3 is 2.58 bits per heavy atom. The van der Waals surface area contributed by atoms with Crippen LogP contribution in [0.25, 0.3) is 10.8 Å². The predicted octanol–water partition coefficient (Wildman–Crippen LogP) is 5.73. The Morgan fingerprint density at radius 2 is 1.86 bits per heavy atom. The van der Waals surface area contributed by atoms with Crippen LogP contribution in [-0.4, -0.2) is 23.4 Å². The maximum atomic E-state index is 13.2. The molecule has 0 bridgehead atoms. The Bertz CT molecular complexity index is 1680. The number of benzene rings is 3. The summed E-state index contributed by atoms with van der Waals surface area (Å²) in [6.07, 6.45) is 1.56. The quantitative estimate of drug-likeness (QED) is 0.295. The van der Waals surface area contributed by atoms with Gasteiger partial charge in [0.2, 0.25) is 5.91 Å². The van der Waals surface area contributed by atoms with Gasteiger partial charge in [-0.1, -0.05) is 48.0 Å². The van der Waals surface area contributed by atoms with Crippen molar-refractivity contribution in [3.63, 3.8) is 0 Å². The third-order valence-corrected chi connectivity index (χ3v) is 5.18. The zero-order valence-corrected chi connectivity index (χ0v) is 20.4. The van der Waals surface area contributed by atoms with Gasteiger partial charge >= 0.3 is 5.97 Å². The molecular formula is C28H29Cl2N3O3. The number of fused-ring (bicyclic) bond motifs is 1. The number of nitrogens with zero attached hydrogens (tertiary/aromatic N) is 1. The molecule has 36 heavy (non-hydrogen) atoms. The summed E-state index contributed by atoms with van der Waals surface area (Å²) in [5.41, 5.74) is 5.89. The van der Waals surface area contributed by atoms with Crippen molar-refractivity contribution < 1.29 is 26.7 Å². The molecule has 8 heteroatoms. The number of anilines is 1. The summed E-state index contributed by atoms with van der Waals surface area (Å²) in [5.74, 6) is -3.09. The summed E-state index contributed by atoms with van der Waals surface area (Å²) in [6.45, 7) is -8.04. The summed E-state index contributed by atoms with van der Waals surface area (Å²) >= 11 is 0. The lowest BCUT2D eigenvalue weighted by Gasteiger charge is -2.16. The summed E-state index contributed by atoms with van der Waals surface area (Å²) < 4.78 is 75.1. The van der Waals surface area contributed by atoms with Crippen LogP contribution in [0.1, 0.15) is 50.9 Å². The number of nitrogens with one attached hydrogen (secondary N) is 1. The number of halogens is 2. The topological polar surface area (TPSA) is 94.3 Å². The molecule has 0 radical (unpaired) electrons. The number of aryl methyl sites for hydroxylation is 2. The fourth-order valence-electron chi connectivity index (χ4n) is 3.40. The Labute approximate surface area is 235 Å². The Kier molecular flexibility index (Phi) is 6.47. The summed E-state index contributed by atoms with van der Waals surface area (Å²) in [4.78, 5) is 29.9. The monoisotopic (exact) mass is 534 g/mol. The number of aromatic nitrogens is 1. The largest absolute Gasteiger partial charge is 0.457 e. The lowest BCUT2D eigenvalue weighted by molar-refractivity contribution is -0.117. The molecule has 0 saturated carbocycles. The van der Waals surface area contributed by atoms with E-state index in [4.69, 9.17) is 22.8 Å². The molecule has 1 amide bonds. The third kappa shape index (κ3) is 6.82. The SMILES string of the molecule is Cl.Cl.[2H]c1nccc2cc(NC(=O)[C@@H](c3ccc(COC(=O)c4ccc(C([2H])([2H])[2H])cc4C([2H])([2H])[2H])cc3)C([2H])([2H])N)ccc12. The first-order valence-electron chi connectivity index (χ1n) is 14.8. The van der Waals surface area contributed by atoms with Crippen LogP contribution in [-0.2, 0) is 16.1 Å². The standard InChI is InChI=1S/C28H27N3O3.2ClH/c1-18-3-10-25(19(2)13-18)28(33)34-17-20-4-6-21(7-5-20)26(15-29)27(32)31-24-9-8-23-16-30-12-11-22(23)14-24;;/h3-14,16,26H,15,17,29H2,1-2H3,(H,31,32);2*1H/t26-;;/m1../s1/i1D3,2D3,15D2,16D;;. The number of nitrogens with two attached hydrogens (primary N) is 1. The average molecular weight is 536 g/mol. The lowest BCUT2D eigenvalue weighted by atomic mass is 9.97. The van der Waals surface area contributed by atoms with Gasteiger partial charge in [0, 0.05) is 40.9 Å². The molecule has 0 saturated heterocycles. The third-order valence-electron chi connectivity index (χ3n) is 5.18. The molecule has 0 fully saturated rings. The Morgan fingerprint density at radius 1 is 1.06 bits per heavy atom. The minimum Gasteiger partial charge on any atom is -0.457 e. The fraction of sp³-hybridized carbons (Fsp3) is 0.179. The van der Waals surface area contributed by atoms with Crippen LogP contribution in [0.2, 0.25) is 0 Å². The second-order valence-corrected chi connectivity index (χ2v) is 7.53. The van der Waals surface area contributed by atoms with E-state index in [0.29, 0.717) is 22.0 Å². The van der Waals surface area contributed by atoms with Crippen LogP contribution in [0.15, 0.2) is 79.1 Å². The number of ether oxygens (including phenoxy) is 1. The van der Waals surface area contributed by atoms with Gasteiger partial charge in [-0.25, -0.2) is 4.79 Å². The van der Waals surface area contributed by atoms with Crippen LogP contribution in [0.4, 0.5) is 5.69 Å². The zero-order chi connectivity index (χ0) is 31.7. The highest BCUT2D eigenvalue weighted by molar-refractivity contribution is 5.98. The van der Waals surface area contributed by atoms with Crippen LogP contribution in [0.5, 0.6) is 0 Å². The molecule has 0 aliphatic carbocycles. The summed E-state index contributed by atoms with van der Waals surface area (Å²) in [6, 6.07) is 15.7. The molecule has 0 aliphatic rings. The van der Waals surface area contributed by atoms with E-state index in [1.165, 1.54) is 30.5 Å². The number of carbonyl (C=O) groups is 2. The number of amides is 1. The highest BCUT2D eigenvalue weighted by Gasteiger charge is 2.19. The molecular weight excluding hydrogens is 497 g/mol. The summed E-state index contributed by atoms with van der Waals surface area (Å²) in [5, 5.41) is 3.93. The maximum Gasteiger partial charge on any atom is 0.338 e. The number of esters is 1. The van der Waals surface area contributed by atoms with E-state index in [1.807, 2.05) is 0 Å². The second kappa shape index (κ2) is 13.0. The summed E-state index contributed by atoms with van der Waals surface area (Å²) in [7, 11) is 0. The first-order valence-corrected chi connectivity index (χ1v) is 10.3. The number of rotatable bonds is 7. The molecule has 3 N–H and O–H groups in total. The normalized spacial score (nSPS) is 15.9. The first kappa shape index (κ1) is 17.9. The zero-order valence-electron chi connectivity index (χ0n) is 27.8. The molecule has 1 atom stereocenters. The molecule has 6 nitrogen and oxygen atoms in total. The highest BCUT2D eigenvalue weighted by Crippen LogP contribution is 2.22. The van der Waals surface area contributed by atoms with E-state index in [1.54, 1.807) is 24.3 Å². The van der Waals surface area contributed by atoms with Gasteiger partial charge < -0.3 is 15.8 Å². The lowest BCUT2D eigenvalue weighted by Crippen LogP contribution is -2.27. The van der Waals surface area contributed by atoms with Crippen molar-refractivity contribution in [2.24, 2.45) is 5.73 Å². The van der Waals surface area contributed by atoms with Crippen LogP contribution in [0, 0.1) is 13.7 Å². The second-order valence-electron chi connectivity index (χ2n) is 7.53. The van der Waals surface area contributed by atoms with E-state index >= 15 is 0 Å².